The summed E-state index contributed by atoms with van der Waals surface area (Å²) in [5.74, 6) is -1.12. The Hall–Kier alpha value is -1.11. The van der Waals surface area contributed by atoms with Crippen molar-refractivity contribution in [2.75, 3.05) is 0 Å². The summed E-state index contributed by atoms with van der Waals surface area (Å²) >= 11 is 2.20. The van der Waals surface area contributed by atoms with E-state index in [2.05, 4.69) is 27.9 Å². The van der Waals surface area contributed by atoms with Crippen molar-refractivity contribution in [3.8, 4) is 0 Å². The number of carboxylic acids is 1. The first-order valence-electron chi connectivity index (χ1n) is 6.81. The molecule has 0 aliphatic heterocycles. The number of carbonyl (C=O) groups is 2. The summed E-state index contributed by atoms with van der Waals surface area (Å²) in [6, 6.07) is 7.68. The van der Waals surface area contributed by atoms with Gasteiger partial charge in [-0.2, -0.15) is 0 Å². The van der Waals surface area contributed by atoms with Gasteiger partial charge in [0, 0.05) is 3.57 Å². The molecule has 0 saturated heterocycles. The second-order valence-electron chi connectivity index (χ2n) is 5.30. The van der Waals surface area contributed by atoms with E-state index >= 15 is 0 Å². The molecular formula is C15H18INO3. The number of benzene rings is 1. The maximum atomic E-state index is 12.1. The Labute approximate surface area is 132 Å². The number of carbonyl (C=O) groups excluding carboxylic acids is 1. The molecule has 1 amide bonds. The number of aliphatic carboxylic acids is 1. The molecule has 0 radical (unpaired) electrons. The zero-order chi connectivity index (χ0) is 14.6. The van der Waals surface area contributed by atoms with Crippen molar-refractivity contribution in [2.24, 2.45) is 0 Å². The minimum atomic E-state index is -1.06. The molecule has 0 spiro atoms. The molecule has 0 unspecified atom stereocenters. The van der Waals surface area contributed by atoms with Crippen LogP contribution in [0.4, 0.5) is 0 Å². The van der Waals surface area contributed by atoms with Crippen molar-refractivity contribution in [3.05, 3.63) is 33.4 Å². The Morgan fingerprint density at radius 1 is 1.25 bits per heavy atom. The average molecular weight is 387 g/mol. The van der Waals surface area contributed by atoms with Crippen LogP contribution in [0.15, 0.2) is 24.3 Å². The fraction of sp³-hybridized carbons (Fsp3) is 0.467. The van der Waals surface area contributed by atoms with Crippen molar-refractivity contribution >= 4 is 34.5 Å². The van der Waals surface area contributed by atoms with Crippen LogP contribution in [0.1, 0.15) is 37.7 Å². The van der Waals surface area contributed by atoms with E-state index < -0.39 is 11.5 Å². The van der Waals surface area contributed by atoms with Crippen molar-refractivity contribution in [1.29, 1.82) is 0 Å². The van der Waals surface area contributed by atoms with Crippen LogP contribution in [0.25, 0.3) is 0 Å². The standard InChI is InChI=1S/C15H18INO3/c16-12-6-4-5-11(9-12)10-13(18)17-15(14(19)20)7-2-1-3-8-15/h4-6,9H,1-3,7-8,10H2,(H,17,18)(H,19,20). The van der Waals surface area contributed by atoms with Crippen molar-refractivity contribution in [3.63, 3.8) is 0 Å². The lowest BCUT2D eigenvalue weighted by Gasteiger charge is -2.34. The van der Waals surface area contributed by atoms with Crippen LogP contribution in [0.3, 0.4) is 0 Å². The predicted molar refractivity (Wildman–Crippen MR) is 84.5 cm³/mol. The van der Waals surface area contributed by atoms with Gasteiger partial charge in [0.25, 0.3) is 0 Å². The smallest absolute Gasteiger partial charge is 0.329 e. The molecule has 4 nitrogen and oxygen atoms in total. The number of nitrogens with one attached hydrogen (secondary N) is 1. The van der Waals surface area contributed by atoms with Gasteiger partial charge in [0.05, 0.1) is 6.42 Å². The van der Waals surface area contributed by atoms with Gasteiger partial charge in [0.15, 0.2) is 0 Å². The lowest BCUT2D eigenvalue weighted by atomic mass is 9.81. The summed E-state index contributed by atoms with van der Waals surface area (Å²) in [4.78, 5) is 23.6. The van der Waals surface area contributed by atoms with Gasteiger partial charge in [-0.05, 0) is 53.1 Å². The Kier molecular flexibility index (Phi) is 5.01. The molecule has 0 bridgehead atoms. The normalized spacial score (nSPS) is 17.4. The fourth-order valence-corrected chi connectivity index (χ4v) is 3.30. The second kappa shape index (κ2) is 6.56. The SMILES string of the molecule is O=C(Cc1cccc(I)c1)NC1(C(=O)O)CCCCC1. The first-order valence-corrected chi connectivity index (χ1v) is 7.89. The molecule has 2 rings (SSSR count). The lowest BCUT2D eigenvalue weighted by molar-refractivity contribution is -0.149. The molecule has 1 aromatic carbocycles. The maximum Gasteiger partial charge on any atom is 0.329 e. The summed E-state index contributed by atoms with van der Waals surface area (Å²) in [6.07, 6.45) is 4.04. The predicted octanol–water partition coefficient (Wildman–Crippen LogP) is 2.74. The van der Waals surface area contributed by atoms with Crippen molar-refractivity contribution in [1.82, 2.24) is 5.32 Å². The van der Waals surface area contributed by atoms with Crippen molar-refractivity contribution in [2.45, 2.75) is 44.1 Å². The highest BCUT2D eigenvalue weighted by Gasteiger charge is 2.40. The number of rotatable bonds is 4. The first-order chi connectivity index (χ1) is 9.52. The number of hydrogen-bond acceptors (Lipinski definition) is 2. The van der Waals surface area contributed by atoms with Crippen LogP contribution in [0.5, 0.6) is 0 Å². The van der Waals surface area contributed by atoms with E-state index in [4.69, 9.17) is 0 Å². The third-order valence-electron chi connectivity index (χ3n) is 3.75. The zero-order valence-electron chi connectivity index (χ0n) is 11.2. The molecule has 1 aliphatic carbocycles. The van der Waals surface area contributed by atoms with Crippen LogP contribution < -0.4 is 5.32 Å². The lowest BCUT2D eigenvalue weighted by Crippen LogP contribution is -2.55. The van der Waals surface area contributed by atoms with Crippen LogP contribution in [0.2, 0.25) is 0 Å². The molecule has 0 heterocycles. The topological polar surface area (TPSA) is 66.4 Å². The highest BCUT2D eigenvalue weighted by Crippen LogP contribution is 2.28. The summed E-state index contributed by atoms with van der Waals surface area (Å²) < 4.78 is 1.07. The van der Waals surface area contributed by atoms with Gasteiger partial charge < -0.3 is 10.4 Å². The molecule has 0 atom stereocenters. The van der Waals surface area contributed by atoms with E-state index in [1.54, 1.807) is 0 Å². The number of amides is 1. The van der Waals surface area contributed by atoms with Gasteiger partial charge in [-0.1, -0.05) is 31.4 Å². The third kappa shape index (κ3) is 3.71. The minimum Gasteiger partial charge on any atom is -0.480 e. The molecular weight excluding hydrogens is 369 g/mol. The van der Waals surface area contributed by atoms with E-state index in [0.717, 1.165) is 28.4 Å². The van der Waals surface area contributed by atoms with E-state index in [1.165, 1.54) is 0 Å². The molecule has 1 aliphatic rings. The number of carboxylic acid groups (broad SMARTS) is 1. The highest BCUT2D eigenvalue weighted by molar-refractivity contribution is 14.1. The number of hydrogen-bond donors (Lipinski definition) is 2. The fourth-order valence-electron chi connectivity index (χ4n) is 2.69. The summed E-state index contributed by atoms with van der Waals surface area (Å²) in [5.41, 5.74) is -0.150. The number of halogens is 1. The quantitative estimate of drug-likeness (QED) is 0.781. The van der Waals surface area contributed by atoms with Crippen LogP contribution in [-0.2, 0) is 16.0 Å². The Bertz CT molecular complexity index is 510. The molecule has 5 heteroatoms. The largest absolute Gasteiger partial charge is 0.480 e. The molecule has 1 fully saturated rings. The van der Waals surface area contributed by atoms with Gasteiger partial charge in [-0.3, -0.25) is 4.79 Å². The second-order valence-corrected chi connectivity index (χ2v) is 6.55. The summed E-state index contributed by atoms with van der Waals surface area (Å²) in [7, 11) is 0. The molecule has 0 aromatic heterocycles. The molecule has 1 aromatic rings. The van der Waals surface area contributed by atoms with E-state index in [1.807, 2.05) is 24.3 Å². The van der Waals surface area contributed by atoms with Gasteiger partial charge >= 0.3 is 5.97 Å². The molecule has 2 N–H and O–H groups in total. The monoisotopic (exact) mass is 387 g/mol. The van der Waals surface area contributed by atoms with E-state index in [9.17, 15) is 14.7 Å². The van der Waals surface area contributed by atoms with E-state index in [0.29, 0.717) is 12.8 Å². The Balaban J connectivity index is 2.03. The molecule has 108 valence electrons. The highest BCUT2D eigenvalue weighted by atomic mass is 127. The average Bonchev–Trinajstić information content (AvgIpc) is 2.39. The van der Waals surface area contributed by atoms with Crippen LogP contribution in [0, 0.1) is 3.57 Å². The van der Waals surface area contributed by atoms with Crippen LogP contribution >= 0.6 is 22.6 Å². The van der Waals surface area contributed by atoms with Gasteiger partial charge in [0.2, 0.25) is 5.91 Å². The third-order valence-corrected chi connectivity index (χ3v) is 4.42. The summed E-state index contributed by atoms with van der Waals surface area (Å²) in [6.45, 7) is 0. The first kappa shape index (κ1) is 15.3. The van der Waals surface area contributed by atoms with Crippen LogP contribution in [-0.4, -0.2) is 22.5 Å². The van der Waals surface area contributed by atoms with Gasteiger partial charge in [0.1, 0.15) is 5.54 Å². The van der Waals surface area contributed by atoms with Crippen molar-refractivity contribution < 1.29 is 14.7 Å². The zero-order valence-corrected chi connectivity index (χ0v) is 13.4. The maximum absolute atomic E-state index is 12.1. The Morgan fingerprint density at radius 3 is 2.55 bits per heavy atom. The van der Waals surface area contributed by atoms with E-state index in [-0.39, 0.29) is 12.3 Å². The van der Waals surface area contributed by atoms with Gasteiger partial charge in [-0.25, -0.2) is 4.79 Å². The molecule has 20 heavy (non-hydrogen) atoms. The minimum absolute atomic E-state index is 0.212. The summed E-state index contributed by atoms with van der Waals surface area (Å²) in [5, 5.41) is 12.2. The van der Waals surface area contributed by atoms with Gasteiger partial charge in [-0.15, -0.1) is 0 Å². The Morgan fingerprint density at radius 2 is 1.95 bits per heavy atom. The molecule has 1 saturated carbocycles.